The van der Waals surface area contributed by atoms with Crippen LogP contribution in [-0.2, 0) is 9.53 Å². The summed E-state index contributed by atoms with van der Waals surface area (Å²) in [6.07, 6.45) is -1.85. The Morgan fingerprint density at radius 3 is 2.27 bits per heavy atom. The molecule has 22 heavy (non-hydrogen) atoms. The molecular weight excluding hydrogens is 287 g/mol. The van der Waals surface area contributed by atoms with E-state index in [2.05, 4.69) is 4.74 Å². The van der Waals surface area contributed by atoms with Gasteiger partial charge in [0.2, 0.25) is 6.17 Å². The topological polar surface area (TPSA) is 52.6 Å². The van der Waals surface area contributed by atoms with Crippen LogP contribution in [-0.4, -0.2) is 18.5 Å². The van der Waals surface area contributed by atoms with E-state index in [4.69, 9.17) is 4.74 Å². The van der Waals surface area contributed by atoms with Gasteiger partial charge in [-0.25, -0.2) is 14.0 Å². The smallest absolute Gasteiger partial charge is 0.345 e. The Morgan fingerprint density at radius 2 is 1.68 bits per heavy atom. The van der Waals surface area contributed by atoms with Crippen molar-refractivity contribution < 1.29 is 23.5 Å². The van der Waals surface area contributed by atoms with Crippen molar-refractivity contribution >= 4 is 11.9 Å². The average Bonchev–Trinajstić information content (AvgIpc) is 2.56. The lowest BCUT2D eigenvalue weighted by atomic mass is 10.1. The van der Waals surface area contributed by atoms with Crippen molar-refractivity contribution in [3.63, 3.8) is 0 Å². The Labute approximate surface area is 127 Å². The molecule has 0 aromatic heterocycles. The van der Waals surface area contributed by atoms with E-state index in [0.717, 1.165) is 0 Å². The first-order chi connectivity index (χ1) is 10.6. The molecule has 2 aromatic rings. The van der Waals surface area contributed by atoms with Crippen LogP contribution in [0.25, 0.3) is 0 Å². The van der Waals surface area contributed by atoms with Crippen LogP contribution in [0.4, 0.5) is 4.39 Å². The van der Waals surface area contributed by atoms with Gasteiger partial charge in [0.15, 0.2) is 0 Å². The first-order valence-corrected chi connectivity index (χ1v) is 6.79. The standard InChI is InChI=1S/C17H15FO4/c1-2-21-17(20)15(18)12-8-10-14(11-9-12)22-16(19)13-6-4-3-5-7-13/h3-11,15H,2H2,1H3. The van der Waals surface area contributed by atoms with E-state index in [1.165, 1.54) is 24.3 Å². The molecule has 0 aliphatic rings. The van der Waals surface area contributed by atoms with Gasteiger partial charge in [-0.3, -0.25) is 0 Å². The number of carbonyl (C=O) groups is 2. The molecular formula is C17H15FO4. The Kier molecular flexibility index (Phi) is 5.25. The van der Waals surface area contributed by atoms with Crippen LogP contribution in [0.15, 0.2) is 54.6 Å². The van der Waals surface area contributed by atoms with Gasteiger partial charge in [0.1, 0.15) is 5.75 Å². The van der Waals surface area contributed by atoms with E-state index in [1.807, 2.05) is 0 Å². The average molecular weight is 302 g/mol. The van der Waals surface area contributed by atoms with Crippen molar-refractivity contribution in [1.82, 2.24) is 0 Å². The first-order valence-electron chi connectivity index (χ1n) is 6.79. The summed E-state index contributed by atoms with van der Waals surface area (Å²) in [4.78, 5) is 23.2. The largest absolute Gasteiger partial charge is 0.464 e. The number of rotatable bonds is 5. The zero-order valence-electron chi connectivity index (χ0n) is 12.0. The molecule has 2 rings (SSSR count). The number of ether oxygens (including phenoxy) is 2. The summed E-state index contributed by atoms with van der Waals surface area (Å²) in [6.45, 7) is 1.72. The van der Waals surface area contributed by atoms with E-state index < -0.39 is 18.1 Å². The summed E-state index contributed by atoms with van der Waals surface area (Å²) in [5.74, 6) is -1.17. The van der Waals surface area contributed by atoms with E-state index in [1.54, 1.807) is 37.3 Å². The molecule has 0 aliphatic heterocycles. The normalized spacial score (nSPS) is 11.5. The third kappa shape index (κ3) is 3.91. The third-order valence-electron chi connectivity index (χ3n) is 2.89. The summed E-state index contributed by atoms with van der Waals surface area (Å²) in [6, 6.07) is 14.2. The highest BCUT2D eigenvalue weighted by atomic mass is 19.1. The van der Waals surface area contributed by atoms with Crippen molar-refractivity contribution in [1.29, 1.82) is 0 Å². The predicted octanol–water partition coefficient (Wildman–Crippen LogP) is 3.48. The van der Waals surface area contributed by atoms with Crippen molar-refractivity contribution in [3.8, 4) is 5.75 Å². The van der Waals surface area contributed by atoms with Crippen LogP contribution < -0.4 is 4.74 Å². The molecule has 0 amide bonds. The molecule has 1 atom stereocenters. The molecule has 0 heterocycles. The van der Waals surface area contributed by atoms with Crippen LogP contribution in [0.2, 0.25) is 0 Å². The van der Waals surface area contributed by atoms with Crippen LogP contribution in [0.1, 0.15) is 29.0 Å². The minimum Gasteiger partial charge on any atom is -0.464 e. The predicted molar refractivity (Wildman–Crippen MR) is 78.3 cm³/mol. The van der Waals surface area contributed by atoms with Crippen LogP contribution >= 0.6 is 0 Å². The first kappa shape index (κ1) is 15.7. The molecule has 2 aromatic carbocycles. The molecule has 0 aliphatic carbocycles. The fraction of sp³-hybridized carbons (Fsp3) is 0.176. The lowest BCUT2D eigenvalue weighted by Gasteiger charge is -2.09. The van der Waals surface area contributed by atoms with E-state index in [0.29, 0.717) is 5.56 Å². The molecule has 0 spiro atoms. The number of hydrogen-bond donors (Lipinski definition) is 0. The molecule has 114 valence electrons. The van der Waals surface area contributed by atoms with Crippen molar-refractivity contribution in [2.24, 2.45) is 0 Å². The second kappa shape index (κ2) is 7.36. The molecule has 0 bridgehead atoms. The Morgan fingerprint density at radius 1 is 1.05 bits per heavy atom. The number of alkyl halides is 1. The van der Waals surface area contributed by atoms with E-state index >= 15 is 0 Å². The van der Waals surface area contributed by atoms with Gasteiger partial charge < -0.3 is 9.47 Å². The van der Waals surface area contributed by atoms with Gasteiger partial charge in [0.25, 0.3) is 0 Å². The number of hydrogen-bond acceptors (Lipinski definition) is 4. The summed E-state index contributed by atoms with van der Waals surface area (Å²) >= 11 is 0. The SMILES string of the molecule is CCOC(=O)C(F)c1ccc(OC(=O)c2ccccc2)cc1. The lowest BCUT2D eigenvalue weighted by Crippen LogP contribution is -2.12. The molecule has 0 radical (unpaired) electrons. The Hall–Kier alpha value is -2.69. The molecule has 1 unspecified atom stereocenters. The van der Waals surface area contributed by atoms with E-state index in [9.17, 15) is 14.0 Å². The zero-order valence-corrected chi connectivity index (χ0v) is 12.0. The lowest BCUT2D eigenvalue weighted by molar-refractivity contribution is -0.149. The van der Waals surface area contributed by atoms with Gasteiger partial charge in [-0.05, 0) is 36.8 Å². The Balaban J connectivity index is 2.03. The molecule has 5 heteroatoms. The molecule has 0 saturated carbocycles. The maximum absolute atomic E-state index is 13.8. The number of halogens is 1. The molecule has 4 nitrogen and oxygen atoms in total. The molecule has 0 N–H and O–H groups in total. The van der Waals surface area contributed by atoms with Crippen LogP contribution in [0, 0.1) is 0 Å². The summed E-state index contributed by atoms with van der Waals surface area (Å²) < 4.78 is 23.6. The maximum atomic E-state index is 13.8. The van der Waals surface area contributed by atoms with Gasteiger partial charge in [0, 0.05) is 0 Å². The van der Waals surface area contributed by atoms with Crippen LogP contribution in [0.3, 0.4) is 0 Å². The summed E-state index contributed by atoms with van der Waals surface area (Å²) in [5, 5.41) is 0. The van der Waals surface area contributed by atoms with Crippen molar-refractivity contribution in [2.45, 2.75) is 13.1 Å². The maximum Gasteiger partial charge on any atom is 0.345 e. The minimum atomic E-state index is -1.85. The third-order valence-corrected chi connectivity index (χ3v) is 2.89. The second-order valence-corrected chi connectivity index (χ2v) is 4.44. The highest BCUT2D eigenvalue weighted by Gasteiger charge is 2.21. The van der Waals surface area contributed by atoms with E-state index in [-0.39, 0.29) is 17.9 Å². The van der Waals surface area contributed by atoms with Gasteiger partial charge in [-0.1, -0.05) is 30.3 Å². The fourth-order valence-electron chi connectivity index (χ4n) is 1.80. The quantitative estimate of drug-likeness (QED) is 0.627. The minimum absolute atomic E-state index is 0.117. The van der Waals surface area contributed by atoms with Crippen molar-refractivity contribution in [2.75, 3.05) is 6.61 Å². The summed E-state index contributed by atoms with van der Waals surface area (Å²) in [5.41, 5.74) is 0.569. The van der Waals surface area contributed by atoms with Gasteiger partial charge >= 0.3 is 11.9 Å². The number of carbonyl (C=O) groups excluding carboxylic acids is 2. The van der Waals surface area contributed by atoms with Gasteiger partial charge in [-0.15, -0.1) is 0 Å². The molecule has 0 fully saturated rings. The number of esters is 2. The van der Waals surface area contributed by atoms with Crippen molar-refractivity contribution in [3.05, 3.63) is 65.7 Å². The van der Waals surface area contributed by atoms with Gasteiger partial charge in [0.05, 0.1) is 12.2 Å². The van der Waals surface area contributed by atoms with Gasteiger partial charge in [-0.2, -0.15) is 0 Å². The Bertz CT molecular complexity index is 637. The van der Waals surface area contributed by atoms with Crippen LogP contribution in [0.5, 0.6) is 5.75 Å². The highest BCUT2D eigenvalue weighted by molar-refractivity contribution is 5.91. The highest BCUT2D eigenvalue weighted by Crippen LogP contribution is 2.22. The molecule has 0 saturated heterocycles. The second-order valence-electron chi connectivity index (χ2n) is 4.44. The summed E-state index contributed by atoms with van der Waals surface area (Å²) in [7, 11) is 0. The number of benzene rings is 2. The fourth-order valence-corrected chi connectivity index (χ4v) is 1.80. The zero-order chi connectivity index (χ0) is 15.9. The monoisotopic (exact) mass is 302 g/mol.